The number of aryl methyl sites for hydroxylation is 1. The number of amides is 1. The second-order valence-electron chi connectivity index (χ2n) is 6.98. The molecule has 1 aromatic rings. The van der Waals surface area contributed by atoms with E-state index in [1.807, 2.05) is 32.9 Å². The van der Waals surface area contributed by atoms with E-state index in [1.165, 1.54) is 5.56 Å². The van der Waals surface area contributed by atoms with Crippen molar-refractivity contribution in [2.45, 2.75) is 71.4 Å². The zero-order valence-electron chi connectivity index (χ0n) is 14.9. The van der Waals surface area contributed by atoms with Gasteiger partial charge in [0, 0.05) is 13.0 Å². The first kappa shape index (κ1) is 20.0. The second kappa shape index (κ2) is 9.96. The van der Waals surface area contributed by atoms with E-state index >= 15 is 0 Å². The molecule has 2 N–H and O–H groups in total. The van der Waals surface area contributed by atoms with E-state index in [9.17, 15) is 9.59 Å². The first-order chi connectivity index (χ1) is 11.3. The molecule has 0 saturated carbocycles. The highest BCUT2D eigenvalue weighted by molar-refractivity contribution is 5.67. The van der Waals surface area contributed by atoms with Crippen LogP contribution >= 0.6 is 0 Å². The van der Waals surface area contributed by atoms with Crippen LogP contribution in [0.2, 0.25) is 0 Å². The number of aliphatic carboxylic acids is 1. The molecule has 0 unspecified atom stereocenters. The summed E-state index contributed by atoms with van der Waals surface area (Å²) < 4.78 is 5.20. The van der Waals surface area contributed by atoms with Gasteiger partial charge in [0.2, 0.25) is 0 Å². The van der Waals surface area contributed by atoms with Gasteiger partial charge in [-0.1, -0.05) is 37.1 Å². The Hall–Kier alpha value is -2.04. The van der Waals surface area contributed by atoms with E-state index in [-0.39, 0.29) is 6.42 Å². The molecule has 0 aromatic heterocycles. The molecule has 0 aliphatic rings. The minimum absolute atomic E-state index is 0.263. The summed E-state index contributed by atoms with van der Waals surface area (Å²) in [4.78, 5) is 22.0. The van der Waals surface area contributed by atoms with Crippen LogP contribution in [0.3, 0.4) is 0 Å². The van der Waals surface area contributed by atoms with Crippen LogP contribution in [-0.4, -0.2) is 22.8 Å². The Morgan fingerprint density at radius 3 is 2.17 bits per heavy atom. The topological polar surface area (TPSA) is 75.6 Å². The average Bonchev–Trinajstić information content (AvgIpc) is 2.48. The van der Waals surface area contributed by atoms with Crippen molar-refractivity contribution in [3.05, 3.63) is 35.4 Å². The van der Waals surface area contributed by atoms with Gasteiger partial charge in [-0.25, -0.2) is 4.79 Å². The van der Waals surface area contributed by atoms with Crippen molar-refractivity contribution in [3.8, 4) is 0 Å². The van der Waals surface area contributed by atoms with Crippen LogP contribution in [0, 0.1) is 0 Å². The molecule has 134 valence electrons. The van der Waals surface area contributed by atoms with Crippen molar-refractivity contribution in [2.24, 2.45) is 0 Å². The zero-order chi connectivity index (χ0) is 18.0. The van der Waals surface area contributed by atoms with Crippen LogP contribution in [0.25, 0.3) is 0 Å². The number of benzene rings is 1. The number of unbranched alkanes of at least 4 members (excludes halogenated alkanes) is 3. The number of alkyl carbamates (subject to hydrolysis) is 1. The molecule has 1 amide bonds. The molecule has 0 radical (unpaired) electrons. The maximum atomic E-state index is 11.6. The third-order valence-corrected chi connectivity index (χ3v) is 3.46. The van der Waals surface area contributed by atoms with Gasteiger partial charge in [0.05, 0.1) is 0 Å². The van der Waals surface area contributed by atoms with E-state index < -0.39 is 17.7 Å². The minimum Gasteiger partial charge on any atom is -0.481 e. The Balaban J connectivity index is 2.23. The summed E-state index contributed by atoms with van der Waals surface area (Å²) in [6.45, 7) is 5.96. The summed E-state index contributed by atoms with van der Waals surface area (Å²) in [6.07, 6.45) is 4.68. The summed E-state index contributed by atoms with van der Waals surface area (Å²) in [5, 5.41) is 11.3. The van der Waals surface area contributed by atoms with Crippen molar-refractivity contribution in [2.75, 3.05) is 0 Å². The van der Waals surface area contributed by atoms with E-state index in [2.05, 4.69) is 17.4 Å². The summed E-state index contributed by atoms with van der Waals surface area (Å²) in [7, 11) is 0. The smallest absolute Gasteiger partial charge is 0.407 e. The van der Waals surface area contributed by atoms with E-state index in [1.54, 1.807) is 0 Å². The standard InChI is InChI=1S/C19H29NO4/c1-19(2,3)24-18(23)20-14-16-12-10-15(11-13-16)8-6-4-5-7-9-17(21)22/h10-13H,4-9,14H2,1-3H3,(H,20,23)(H,21,22). The number of hydrogen-bond acceptors (Lipinski definition) is 3. The van der Waals surface area contributed by atoms with Crippen molar-refractivity contribution in [1.82, 2.24) is 5.32 Å². The second-order valence-corrected chi connectivity index (χ2v) is 6.98. The highest BCUT2D eigenvalue weighted by atomic mass is 16.6. The normalized spacial score (nSPS) is 11.1. The molecule has 0 saturated heterocycles. The SMILES string of the molecule is CC(C)(C)OC(=O)NCc1ccc(CCCCCCC(=O)O)cc1. The molecule has 0 heterocycles. The quantitative estimate of drug-likeness (QED) is 0.660. The molecule has 0 fully saturated rings. The monoisotopic (exact) mass is 335 g/mol. The predicted octanol–water partition coefficient (Wildman–Crippen LogP) is 4.29. The Kier molecular flexibility index (Phi) is 8.30. The van der Waals surface area contributed by atoms with Gasteiger partial charge < -0.3 is 15.2 Å². The van der Waals surface area contributed by atoms with Crippen LogP contribution in [0.4, 0.5) is 4.79 Å². The lowest BCUT2D eigenvalue weighted by Crippen LogP contribution is -2.32. The molecule has 0 aliphatic heterocycles. The van der Waals surface area contributed by atoms with Gasteiger partial charge in [0.15, 0.2) is 0 Å². The summed E-state index contributed by atoms with van der Waals surface area (Å²) >= 11 is 0. The van der Waals surface area contributed by atoms with Gasteiger partial charge >= 0.3 is 12.1 Å². The molecule has 0 spiro atoms. The Morgan fingerprint density at radius 2 is 1.58 bits per heavy atom. The van der Waals surface area contributed by atoms with Gasteiger partial charge in [0.1, 0.15) is 5.60 Å². The summed E-state index contributed by atoms with van der Waals surface area (Å²) in [5.41, 5.74) is 1.80. The fourth-order valence-corrected chi connectivity index (χ4v) is 2.27. The minimum atomic E-state index is -0.717. The van der Waals surface area contributed by atoms with Gasteiger partial charge in [-0.05, 0) is 51.2 Å². The lowest BCUT2D eigenvalue weighted by Gasteiger charge is -2.19. The van der Waals surface area contributed by atoms with E-state index in [0.29, 0.717) is 6.54 Å². The highest BCUT2D eigenvalue weighted by Gasteiger charge is 2.15. The molecular weight excluding hydrogens is 306 g/mol. The van der Waals surface area contributed by atoms with E-state index in [4.69, 9.17) is 9.84 Å². The Labute approximate surface area is 144 Å². The highest BCUT2D eigenvalue weighted by Crippen LogP contribution is 2.11. The molecule has 5 heteroatoms. The number of carbonyl (C=O) groups is 2. The van der Waals surface area contributed by atoms with Crippen LogP contribution in [0.5, 0.6) is 0 Å². The maximum absolute atomic E-state index is 11.6. The molecular formula is C19H29NO4. The van der Waals surface area contributed by atoms with Crippen LogP contribution in [0.15, 0.2) is 24.3 Å². The average molecular weight is 335 g/mol. The Morgan fingerprint density at radius 1 is 1.00 bits per heavy atom. The lowest BCUT2D eigenvalue weighted by atomic mass is 10.0. The van der Waals surface area contributed by atoms with Gasteiger partial charge in [-0.3, -0.25) is 4.79 Å². The molecule has 5 nitrogen and oxygen atoms in total. The lowest BCUT2D eigenvalue weighted by molar-refractivity contribution is -0.137. The number of hydrogen-bond donors (Lipinski definition) is 2. The largest absolute Gasteiger partial charge is 0.481 e. The van der Waals surface area contributed by atoms with Crippen molar-refractivity contribution in [3.63, 3.8) is 0 Å². The molecule has 24 heavy (non-hydrogen) atoms. The third kappa shape index (κ3) is 9.87. The number of rotatable bonds is 9. The molecule has 1 aromatic carbocycles. The number of nitrogens with one attached hydrogen (secondary N) is 1. The zero-order valence-corrected chi connectivity index (χ0v) is 14.9. The summed E-state index contributed by atoms with van der Waals surface area (Å²) in [6, 6.07) is 8.17. The summed E-state index contributed by atoms with van der Waals surface area (Å²) in [5.74, 6) is -0.717. The maximum Gasteiger partial charge on any atom is 0.407 e. The molecule has 0 bridgehead atoms. The van der Waals surface area contributed by atoms with Crippen LogP contribution in [0.1, 0.15) is 64.0 Å². The van der Waals surface area contributed by atoms with Gasteiger partial charge in [-0.2, -0.15) is 0 Å². The number of ether oxygens (including phenoxy) is 1. The molecule has 0 aliphatic carbocycles. The van der Waals surface area contributed by atoms with Gasteiger partial charge in [-0.15, -0.1) is 0 Å². The Bertz CT molecular complexity index is 517. The fourth-order valence-electron chi connectivity index (χ4n) is 2.27. The van der Waals surface area contributed by atoms with Crippen LogP contribution in [-0.2, 0) is 22.5 Å². The van der Waals surface area contributed by atoms with Gasteiger partial charge in [0.25, 0.3) is 0 Å². The predicted molar refractivity (Wildman–Crippen MR) is 93.9 cm³/mol. The van der Waals surface area contributed by atoms with Crippen molar-refractivity contribution < 1.29 is 19.4 Å². The first-order valence-corrected chi connectivity index (χ1v) is 8.53. The number of carboxylic acids is 1. The third-order valence-electron chi connectivity index (χ3n) is 3.46. The number of carboxylic acid groups (broad SMARTS) is 1. The molecule has 1 rings (SSSR count). The van der Waals surface area contributed by atoms with E-state index in [0.717, 1.165) is 37.7 Å². The van der Waals surface area contributed by atoms with Crippen LogP contribution < -0.4 is 5.32 Å². The first-order valence-electron chi connectivity index (χ1n) is 8.53. The number of carbonyl (C=O) groups excluding carboxylic acids is 1. The van der Waals surface area contributed by atoms with Crippen molar-refractivity contribution >= 4 is 12.1 Å². The van der Waals surface area contributed by atoms with Crippen molar-refractivity contribution in [1.29, 1.82) is 0 Å². The fraction of sp³-hybridized carbons (Fsp3) is 0.579. The molecule has 0 atom stereocenters.